The van der Waals surface area contributed by atoms with E-state index in [-0.39, 0.29) is 24.0 Å². The summed E-state index contributed by atoms with van der Waals surface area (Å²) in [5.41, 5.74) is 5.05. The van der Waals surface area contributed by atoms with Crippen LogP contribution in [-0.2, 0) is 10.0 Å². The number of sulfonamides is 1. The van der Waals surface area contributed by atoms with E-state index >= 15 is 0 Å². The second-order valence-corrected chi connectivity index (χ2v) is 5.50. The highest BCUT2D eigenvalue weighted by molar-refractivity contribution is 7.88. The molecule has 0 saturated heterocycles. The first-order valence-electron chi connectivity index (χ1n) is 5.25. The Hall–Kier alpha value is -2.01. The molecule has 0 bridgehead atoms. The van der Waals surface area contributed by atoms with Gasteiger partial charge in [-0.15, -0.1) is 0 Å². The lowest BCUT2D eigenvalue weighted by atomic mass is 10.4. The molecule has 0 amide bonds. The normalized spacial score (nSPS) is 11.2. The maximum atomic E-state index is 10.8. The van der Waals surface area contributed by atoms with Crippen LogP contribution in [0.1, 0.15) is 6.42 Å². The first kappa shape index (κ1) is 15.0. The summed E-state index contributed by atoms with van der Waals surface area (Å²) in [6.07, 6.45) is 2.50. The molecule has 0 aromatic carbocycles. The molecule has 0 unspecified atom stereocenters. The molecule has 0 aliphatic heterocycles. The zero-order valence-electron chi connectivity index (χ0n) is 10.2. The number of nitrogen functional groups attached to an aromatic ring is 1. The number of aromatic nitrogens is 2. The second kappa shape index (κ2) is 6.24. The monoisotopic (exact) mass is 290 g/mol. The van der Waals surface area contributed by atoms with Crippen molar-refractivity contribution in [3.8, 4) is 0 Å². The van der Waals surface area contributed by atoms with Gasteiger partial charge in [0.1, 0.15) is 6.20 Å². The molecule has 0 atom stereocenters. The lowest BCUT2D eigenvalue weighted by Crippen LogP contribution is -2.24. The molecule has 1 aromatic rings. The van der Waals surface area contributed by atoms with Crippen LogP contribution in [0.5, 0.6) is 0 Å². The van der Waals surface area contributed by atoms with Crippen molar-refractivity contribution in [1.29, 1.82) is 0 Å². The first-order valence-corrected chi connectivity index (χ1v) is 7.14. The molecular weight excluding hydrogens is 276 g/mol. The van der Waals surface area contributed by atoms with Crippen LogP contribution in [0.2, 0.25) is 0 Å². The number of nitrogens with one attached hydrogen (secondary N) is 2. The van der Waals surface area contributed by atoms with Crippen LogP contribution in [0.3, 0.4) is 0 Å². The van der Waals surface area contributed by atoms with Crippen molar-refractivity contribution in [2.24, 2.45) is 0 Å². The van der Waals surface area contributed by atoms with E-state index in [2.05, 4.69) is 20.0 Å². The van der Waals surface area contributed by atoms with Gasteiger partial charge in [-0.1, -0.05) is 0 Å². The van der Waals surface area contributed by atoms with E-state index in [9.17, 15) is 18.5 Å². The first-order chi connectivity index (χ1) is 8.79. The minimum atomic E-state index is -3.23. The summed E-state index contributed by atoms with van der Waals surface area (Å²) in [5.74, 6) is -0.0702. The smallest absolute Gasteiger partial charge is 0.329 e. The average Bonchev–Trinajstić information content (AvgIpc) is 2.26. The van der Waals surface area contributed by atoms with Crippen LogP contribution in [0, 0.1) is 10.1 Å². The van der Waals surface area contributed by atoms with E-state index in [1.165, 1.54) is 0 Å². The standard InChI is InChI=1S/C8H14N6O4S/c1-19(17,18)12-4-2-3-10-7-6(14(15)16)5-11-8(9)13-7/h5,12H,2-4H2,1H3,(H3,9,10,11,13). The topological polar surface area (TPSA) is 153 Å². The van der Waals surface area contributed by atoms with E-state index in [4.69, 9.17) is 5.73 Å². The number of anilines is 2. The quantitative estimate of drug-likeness (QED) is 0.339. The van der Waals surface area contributed by atoms with E-state index in [1.54, 1.807) is 0 Å². The van der Waals surface area contributed by atoms with Gasteiger partial charge in [0.05, 0.1) is 11.2 Å². The summed E-state index contributed by atoms with van der Waals surface area (Å²) in [4.78, 5) is 17.3. The molecule has 11 heteroatoms. The minimum absolute atomic E-state index is 0.0110. The molecule has 19 heavy (non-hydrogen) atoms. The van der Waals surface area contributed by atoms with Gasteiger partial charge in [0.15, 0.2) is 0 Å². The number of nitro groups is 1. The van der Waals surface area contributed by atoms with Crippen molar-refractivity contribution >= 4 is 27.5 Å². The zero-order chi connectivity index (χ0) is 14.5. The van der Waals surface area contributed by atoms with Crippen LogP contribution >= 0.6 is 0 Å². The Bertz CT molecular complexity index is 560. The Morgan fingerprint density at radius 1 is 1.47 bits per heavy atom. The number of nitrogens with two attached hydrogens (primary N) is 1. The van der Waals surface area contributed by atoms with Gasteiger partial charge >= 0.3 is 5.69 Å². The number of hydrogen-bond acceptors (Lipinski definition) is 8. The summed E-state index contributed by atoms with van der Waals surface area (Å²) >= 11 is 0. The Labute approximate surface area is 109 Å². The Balaban J connectivity index is 2.53. The third-order valence-corrected chi connectivity index (χ3v) is 2.72. The summed E-state index contributed by atoms with van der Waals surface area (Å²) < 4.78 is 23.9. The van der Waals surface area contributed by atoms with Gasteiger partial charge in [0, 0.05) is 13.1 Å². The highest BCUT2D eigenvalue weighted by Gasteiger charge is 2.15. The van der Waals surface area contributed by atoms with Crippen molar-refractivity contribution in [3.63, 3.8) is 0 Å². The third-order valence-electron chi connectivity index (χ3n) is 2.00. The maximum absolute atomic E-state index is 10.8. The van der Waals surface area contributed by atoms with E-state index < -0.39 is 14.9 Å². The molecule has 106 valence electrons. The maximum Gasteiger partial charge on any atom is 0.329 e. The predicted molar refractivity (Wildman–Crippen MR) is 69.1 cm³/mol. The van der Waals surface area contributed by atoms with Crippen LogP contribution in [0.25, 0.3) is 0 Å². The fraction of sp³-hybridized carbons (Fsp3) is 0.500. The molecule has 0 spiro atoms. The molecule has 0 saturated carbocycles. The van der Waals surface area contributed by atoms with Gasteiger partial charge in [0.25, 0.3) is 0 Å². The third kappa shape index (κ3) is 5.44. The summed E-state index contributed by atoms with van der Waals surface area (Å²) in [6, 6.07) is 0. The molecule has 1 rings (SSSR count). The molecule has 4 N–H and O–H groups in total. The number of nitrogens with zero attached hydrogens (tertiary/aromatic N) is 3. The van der Waals surface area contributed by atoms with Crippen LogP contribution < -0.4 is 15.8 Å². The van der Waals surface area contributed by atoms with Crippen LogP contribution in [0.4, 0.5) is 17.5 Å². The summed E-state index contributed by atoms with van der Waals surface area (Å²) in [6.45, 7) is 0.528. The van der Waals surface area contributed by atoms with E-state index in [0.717, 1.165) is 12.5 Å². The van der Waals surface area contributed by atoms with Crippen molar-refractivity contribution in [2.45, 2.75) is 6.42 Å². The van der Waals surface area contributed by atoms with Crippen molar-refractivity contribution < 1.29 is 13.3 Å². The van der Waals surface area contributed by atoms with Gasteiger partial charge in [-0.3, -0.25) is 10.1 Å². The summed E-state index contributed by atoms with van der Waals surface area (Å²) in [7, 11) is -3.23. The van der Waals surface area contributed by atoms with Gasteiger partial charge in [0.2, 0.25) is 21.8 Å². The minimum Gasteiger partial charge on any atom is -0.368 e. The lowest BCUT2D eigenvalue weighted by molar-refractivity contribution is -0.384. The fourth-order valence-electron chi connectivity index (χ4n) is 1.21. The Kier molecular flexibility index (Phi) is 4.94. The number of hydrogen-bond donors (Lipinski definition) is 3. The van der Waals surface area contributed by atoms with Gasteiger partial charge < -0.3 is 11.1 Å². The second-order valence-electron chi connectivity index (χ2n) is 3.67. The van der Waals surface area contributed by atoms with Crippen molar-refractivity contribution in [3.05, 3.63) is 16.3 Å². The van der Waals surface area contributed by atoms with Gasteiger partial charge in [-0.05, 0) is 6.42 Å². The molecule has 1 heterocycles. The fourth-order valence-corrected chi connectivity index (χ4v) is 1.72. The molecule has 0 aliphatic rings. The molecule has 10 nitrogen and oxygen atoms in total. The van der Waals surface area contributed by atoms with Crippen LogP contribution in [0.15, 0.2) is 6.20 Å². The Morgan fingerprint density at radius 3 is 2.74 bits per heavy atom. The van der Waals surface area contributed by atoms with E-state index in [0.29, 0.717) is 13.0 Å². The molecular formula is C8H14N6O4S. The van der Waals surface area contributed by atoms with E-state index in [1.807, 2.05) is 0 Å². The van der Waals surface area contributed by atoms with Crippen molar-refractivity contribution in [2.75, 3.05) is 30.4 Å². The highest BCUT2D eigenvalue weighted by Crippen LogP contribution is 2.20. The SMILES string of the molecule is CS(=O)(=O)NCCCNc1nc(N)ncc1[N+](=O)[O-]. The largest absolute Gasteiger partial charge is 0.368 e. The van der Waals surface area contributed by atoms with Crippen LogP contribution in [-0.4, -0.2) is 42.7 Å². The predicted octanol–water partition coefficient (Wildman–Crippen LogP) is -0.682. The van der Waals surface area contributed by atoms with Gasteiger partial charge in [-0.2, -0.15) is 4.98 Å². The zero-order valence-corrected chi connectivity index (χ0v) is 11.0. The van der Waals surface area contributed by atoms with Crippen molar-refractivity contribution in [1.82, 2.24) is 14.7 Å². The molecule has 0 fully saturated rings. The lowest BCUT2D eigenvalue weighted by Gasteiger charge is -2.06. The van der Waals surface area contributed by atoms with Gasteiger partial charge in [-0.25, -0.2) is 18.1 Å². The molecule has 0 radical (unpaired) electrons. The Morgan fingerprint density at radius 2 is 2.16 bits per heavy atom. The highest BCUT2D eigenvalue weighted by atomic mass is 32.2. The number of rotatable bonds is 7. The molecule has 1 aromatic heterocycles. The average molecular weight is 290 g/mol. The summed E-state index contributed by atoms with van der Waals surface area (Å²) in [5, 5.41) is 13.4. The molecule has 0 aliphatic carbocycles.